The summed E-state index contributed by atoms with van der Waals surface area (Å²) in [6.07, 6.45) is 3.32. The van der Waals surface area contributed by atoms with Crippen molar-refractivity contribution in [2.24, 2.45) is 0 Å². The van der Waals surface area contributed by atoms with Crippen molar-refractivity contribution in [1.29, 1.82) is 0 Å². The Bertz CT molecular complexity index is 1060. The molecule has 0 N–H and O–H groups in total. The zero-order valence-electron chi connectivity index (χ0n) is 15.5. The largest absolute Gasteiger partial charge is 0.497 e. The second-order valence-electron chi connectivity index (χ2n) is 6.17. The minimum absolute atomic E-state index is 0.102. The molecule has 0 aliphatic carbocycles. The minimum atomic E-state index is -3.64. The lowest BCUT2D eigenvalue weighted by Gasteiger charge is -2.12. The molecular weight excluding hydrogens is 362 g/mol. The fourth-order valence-corrected chi connectivity index (χ4v) is 4.44. The van der Waals surface area contributed by atoms with E-state index >= 15 is 0 Å². The SMILES string of the molecule is COc1ccc(OC)c(S(=O)(=O)Cc2cncc(-c3ccccc3C)c2)c1. The van der Waals surface area contributed by atoms with Crippen molar-refractivity contribution in [3.63, 3.8) is 0 Å². The monoisotopic (exact) mass is 383 g/mol. The molecule has 5 nitrogen and oxygen atoms in total. The number of nitrogens with zero attached hydrogens (tertiary/aromatic N) is 1. The van der Waals surface area contributed by atoms with Gasteiger partial charge in [0.1, 0.15) is 16.4 Å². The molecule has 2 aromatic carbocycles. The first-order chi connectivity index (χ1) is 12.9. The van der Waals surface area contributed by atoms with E-state index in [9.17, 15) is 8.42 Å². The average Bonchev–Trinajstić information content (AvgIpc) is 2.67. The van der Waals surface area contributed by atoms with Gasteiger partial charge in [-0.2, -0.15) is 0 Å². The van der Waals surface area contributed by atoms with E-state index < -0.39 is 9.84 Å². The number of hydrogen-bond acceptors (Lipinski definition) is 5. The lowest BCUT2D eigenvalue weighted by molar-refractivity contribution is 0.392. The Morgan fingerprint density at radius 1 is 0.963 bits per heavy atom. The summed E-state index contributed by atoms with van der Waals surface area (Å²) in [5.74, 6) is 0.573. The van der Waals surface area contributed by atoms with Crippen LogP contribution in [0.15, 0.2) is 65.8 Å². The Labute approximate surface area is 159 Å². The van der Waals surface area contributed by atoms with Gasteiger partial charge in [0.15, 0.2) is 9.84 Å². The van der Waals surface area contributed by atoms with Crippen LogP contribution in [0.2, 0.25) is 0 Å². The molecule has 0 amide bonds. The van der Waals surface area contributed by atoms with Gasteiger partial charge in [0.05, 0.1) is 20.0 Å². The first kappa shape index (κ1) is 18.9. The van der Waals surface area contributed by atoms with Gasteiger partial charge in [0, 0.05) is 24.0 Å². The van der Waals surface area contributed by atoms with Crippen LogP contribution in [0.3, 0.4) is 0 Å². The summed E-state index contributed by atoms with van der Waals surface area (Å²) in [7, 11) is -0.703. The van der Waals surface area contributed by atoms with Crippen LogP contribution in [-0.4, -0.2) is 27.6 Å². The van der Waals surface area contributed by atoms with Crippen LogP contribution in [0, 0.1) is 6.92 Å². The third-order valence-corrected chi connectivity index (χ3v) is 6.02. The van der Waals surface area contributed by atoms with Gasteiger partial charge in [-0.3, -0.25) is 4.98 Å². The smallest absolute Gasteiger partial charge is 0.186 e. The molecule has 3 aromatic rings. The van der Waals surface area contributed by atoms with Gasteiger partial charge in [-0.15, -0.1) is 0 Å². The first-order valence-electron chi connectivity index (χ1n) is 8.39. The summed E-state index contributed by atoms with van der Waals surface area (Å²) in [6, 6.07) is 14.5. The summed E-state index contributed by atoms with van der Waals surface area (Å²) in [5, 5.41) is 0. The molecule has 1 aromatic heterocycles. The fourth-order valence-electron chi connectivity index (χ4n) is 2.93. The van der Waals surface area contributed by atoms with E-state index in [2.05, 4.69) is 4.98 Å². The topological polar surface area (TPSA) is 65.5 Å². The maximum atomic E-state index is 13.0. The predicted molar refractivity (Wildman–Crippen MR) is 105 cm³/mol. The van der Waals surface area contributed by atoms with Crippen LogP contribution in [0.25, 0.3) is 11.1 Å². The standard InChI is InChI=1S/C21H21NO4S/c1-15-6-4-5-7-19(15)17-10-16(12-22-13-17)14-27(23,24)21-11-18(25-2)8-9-20(21)26-3/h4-13H,14H2,1-3H3. The zero-order chi connectivity index (χ0) is 19.4. The minimum Gasteiger partial charge on any atom is -0.497 e. The molecule has 1 heterocycles. The first-order valence-corrected chi connectivity index (χ1v) is 10.0. The van der Waals surface area contributed by atoms with E-state index in [4.69, 9.17) is 9.47 Å². The molecule has 0 fully saturated rings. The molecule has 0 aliphatic rings. The summed E-state index contributed by atoms with van der Waals surface area (Å²) in [4.78, 5) is 4.34. The van der Waals surface area contributed by atoms with E-state index in [0.29, 0.717) is 17.1 Å². The molecule has 0 aliphatic heterocycles. The summed E-state index contributed by atoms with van der Waals surface area (Å²) in [5.41, 5.74) is 3.64. The number of hydrogen-bond donors (Lipinski definition) is 0. The molecule has 0 radical (unpaired) electrons. The highest BCUT2D eigenvalue weighted by atomic mass is 32.2. The quantitative estimate of drug-likeness (QED) is 0.642. The van der Waals surface area contributed by atoms with Crippen molar-refractivity contribution in [3.05, 3.63) is 72.1 Å². The maximum absolute atomic E-state index is 13.0. The summed E-state index contributed by atoms with van der Waals surface area (Å²) < 4.78 is 36.4. The van der Waals surface area contributed by atoms with E-state index in [1.165, 1.54) is 20.3 Å². The van der Waals surface area contributed by atoms with Crippen molar-refractivity contribution >= 4 is 9.84 Å². The molecule has 140 valence electrons. The number of aryl methyl sites for hydroxylation is 1. The molecule has 0 unspecified atom stereocenters. The van der Waals surface area contributed by atoms with Crippen molar-refractivity contribution in [2.45, 2.75) is 17.6 Å². The maximum Gasteiger partial charge on any atom is 0.186 e. The molecule has 3 rings (SSSR count). The van der Waals surface area contributed by atoms with Gasteiger partial charge in [0.25, 0.3) is 0 Å². The lowest BCUT2D eigenvalue weighted by atomic mass is 10.0. The van der Waals surface area contributed by atoms with Crippen molar-refractivity contribution in [2.75, 3.05) is 14.2 Å². The van der Waals surface area contributed by atoms with E-state index in [-0.39, 0.29) is 10.6 Å². The number of aromatic nitrogens is 1. The van der Waals surface area contributed by atoms with Gasteiger partial charge >= 0.3 is 0 Å². The van der Waals surface area contributed by atoms with Crippen molar-refractivity contribution in [3.8, 4) is 22.6 Å². The Morgan fingerprint density at radius 3 is 2.44 bits per heavy atom. The van der Waals surface area contributed by atoms with Gasteiger partial charge in [0.2, 0.25) is 0 Å². The number of pyridine rings is 1. The number of rotatable bonds is 6. The molecule has 6 heteroatoms. The second-order valence-corrected chi connectivity index (χ2v) is 8.13. The highest BCUT2D eigenvalue weighted by molar-refractivity contribution is 7.90. The fraction of sp³-hybridized carbons (Fsp3) is 0.190. The van der Waals surface area contributed by atoms with E-state index in [1.807, 2.05) is 37.3 Å². The predicted octanol–water partition coefficient (Wildman–Crippen LogP) is 4.05. The van der Waals surface area contributed by atoms with E-state index in [1.54, 1.807) is 24.5 Å². The molecule has 0 bridgehead atoms. The Balaban J connectivity index is 1.98. The molecule has 27 heavy (non-hydrogen) atoms. The molecule has 0 saturated carbocycles. The highest BCUT2D eigenvalue weighted by Crippen LogP contribution is 2.31. The summed E-state index contributed by atoms with van der Waals surface area (Å²) in [6.45, 7) is 2.01. The number of sulfone groups is 1. The van der Waals surface area contributed by atoms with Gasteiger partial charge < -0.3 is 9.47 Å². The molecule has 0 atom stereocenters. The number of ether oxygens (including phenoxy) is 2. The van der Waals surface area contributed by atoms with Crippen LogP contribution < -0.4 is 9.47 Å². The van der Waals surface area contributed by atoms with Crippen molar-refractivity contribution < 1.29 is 17.9 Å². The Hall–Kier alpha value is -2.86. The van der Waals surface area contributed by atoms with Gasteiger partial charge in [-0.05, 0) is 41.8 Å². The zero-order valence-corrected chi connectivity index (χ0v) is 16.3. The van der Waals surface area contributed by atoms with Crippen LogP contribution in [-0.2, 0) is 15.6 Å². The van der Waals surface area contributed by atoms with Gasteiger partial charge in [-0.1, -0.05) is 24.3 Å². The Kier molecular flexibility index (Phi) is 5.46. The third kappa shape index (κ3) is 4.11. The summed E-state index contributed by atoms with van der Waals surface area (Å²) >= 11 is 0. The number of benzene rings is 2. The van der Waals surface area contributed by atoms with Crippen LogP contribution >= 0.6 is 0 Å². The second kappa shape index (κ2) is 7.80. The third-order valence-electron chi connectivity index (χ3n) is 4.31. The van der Waals surface area contributed by atoms with Crippen molar-refractivity contribution in [1.82, 2.24) is 4.98 Å². The van der Waals surface area contributed by atoms with E-state index in [0.717, 1.165) is 16.7 Å². The molecular formula is C21H21NO4S. The molecule has 0 spiro atoms. The normalized spacial score (nSPS) is 11.2. The van der Waals surface area contributed by atoms with Crippen LogP contribution in [0.1, 0.15) is 11.1 Å². The van der Waals surface area contributed by atoms with Crippen LogP contribution in [0.5, 0.6) is 11.5 Å². The average molecular weight is 383 g/mol. The lowest BCUT2D eigenvalue weighted by Crippen LogP contribution is -2.08. The van der Waals surface area contributed by atoms with Crippen LogP contribution in [0.4, 0.5) is 0 Å². The Morgan fingerprint density at radius 2 is 1.74 bits per heavy atom. The number of methoxy groups -OCH3 is 2. The molecule has 0 saturated heterocycles. The van der Waals surface area contributed by atoms with Gasteiger partial charge in [-0.25, -0.2) is 8.42 Å². The highest BCUT2D eigenvalue weighted by Gasteiger charge is 2.22.